The molecule has 1 heterocycles. The predicted octanol–water partition coefficient (Wildman–Crippen LogP) is 3.99. The lowest BCUT2D eigenvalue weighted by Gasteiger charge is -2.10. The second-order valence-electron chi connectivity index (χ2n) is 5.92. The molecular weight excluding hydrogens is 262 g/mol. The van der Waals surface area contributed by atoms with E-state index in [9.17, 15) is 0 Å². The molecule has 0 aliphatic heterocycles. The highest BCUT2D eigenvalue weighted by Crippen LogP contribution is 2.42. The molecular formula is C17H23N3O. The third kappa shape index (κ3) is 2.62. The average Bonchev–Trinajstić information content (AvgIpc) is 3.22. The molecule has 0 bridgehead atoms. The second kappa shape index (κ2) is 5.43. The van der Waals surface area contributed by atoms with Gasteiger partial charge in [0.25, 0.3) is 0 Å². The normalized spacial score (nSPS) is 14.7. The summed E-state index contributed by atoms with van der Waals surface area (Å²) in [6.07, 6.45) is 2.41. The molecule has 0 radical (unpaired) electrons. The molecule has 4 heteroatoms. The van der Waals surface area contributed by atoms with E-state index in [0.29, 0.717) is 18.6 Å². The summed E-state index contributed by atoms with van der Waals surface area (Å²) in [5.74, 6) is 3.11. The summed E-state index contributed by atoms with van der Waals surface area (Å²) in [4.78, 5) is 4.82. The summed E-state index contributed by atoms with van der Waals surface area (Å²) in [6, 6.07) is 8.56. The zero-order valence-corrected chi connectivity index (χ0v) is 13.0. The number of benzene rings is 1. The van der Waals surface area contributed by atoms with Crippen molar-refractivity contribution in [2.24, 2.45) is 0 Å². The van der Waals surface area contributed by atoms with Gasteiger partial charge in [-0.1, -0.05) is 26.0 Å². The first-order valence-electron chi connectivity index (χ1n) is 7.72. The Morgan fingerprint density at radius 1 is 1.38 bits per heavy atom. The van der Waals surface area contributed by atoms with Crippen molar-refractivity contribution in [3.8, 4) is 17.0 Å². The maximum atomic E-state index is 6.40. The Morgan fingerprint density at radius 3 is 2.76 bits per heavy atom. The number of anilines is 1. The summed E-state index contributed by atoms with van der Waals surface area (Å²) < 4.78 is 7.81. The predicted molar refractivity (Wildman–Crippen MR) is 85.6 cm³/mol. The number of hydrogen-bond donors (Lipinski definition) is 1. The van der Waals surface area contributed by atoms with Crippen LogP contribution in [0.25, 0.3) is 11.3 Å². The molecule has 0 atom stereocenters. The molecule has 3 rings (SSSR count). The number of aromatic nitrogens is 2. The van der Waals surface area contributed by atoms with Gasteiger partial charge in [-0.25, -0.2) is 4.98 Å². The summed E-state index contributed by atoms with van der Waals surface area (Å²) in [6.45, 7) is 6.98. The molecule has 1 aromatic heterocycles. The highest BCUT2D eigenvalue weighted by atomic mass is 16.5. The largest absolute Gasteiger partial charge is 0.494 e. The van der Waals surface area contributed by atoms with Crippen molar-refractivity contribution in [3.05, 3.63) is 30.1 Å². The molecule has 0 unspecified atom stereocenters. The van der Waals surface area contributed by atoms with Crippen LogP contribution < -0.4 is 10.5 Å². The van der Waals surface area contributed by atoms with Crippen LogP contribution in [0.2, 0.25) is 0 Å². The fourth-order valence-electron chi connectivity index (χ4n) is 2.70. The van der Waals surface area contributed by atoms with Gasteiger partial charge < -0.3 is 15.0 Å². The second-order valence-corrected chi connectivity index (χ2v) is 5.92. The van der Waals surface area contributed by atoms with E-state index in [1.54, 1.807) is 0 Å². The molecule has 1 aliphatic rings. The lowest BCUT2D eigenvalue weighted by atomic mass is 10.1. The van der Waals surface area contributed by atoms with Crippen LogP contribution in [-0.2, 0) is 0 Å². The van der Waals surface area contributed by atoms with Crippen molar-refractivity contribution in [2.75, 3.05) is 12.3 Å². The van der Waals surface area contributed by atoms with Crippen molar-refractivity contribution in [2.45, 2.75) is 45.6 Å². The SMILES string of the molecule is CCOc1cccc(-c2nc(C(C)C)n(C3CC3)c2N)c1. The number of nitrogen functional groups attached to an aromatic ring is 1. The zero-order chi connectivity index (χ0) is 15.0. The highest BCUT2D eigenvalue weighted by molar-refractivity contribution is 5.72. The smallest absolute Gasteiger partial charge is 0.132 e. The molecule has 2 aromatic rings. The third-order valence-corrected chi connectivity index (χ3v) is 3.82. The van der Waals surface area contributed by atoms with Crippen LogP contribution in [-0.4, -0.2) is 16.2 Å². The van der Waals surface area contributed by atoms with Crippen LogP contribution in [0.3, 0.4) is 0 Å². The van der Waals surface area contributed by atoms with E-state index in [-0.39, 0.29) is 0 Å². The topological polar surface area (TPSA) is 53.1 Å². The van der Waals surface area contributed by atoms with Gasteiger partial charge in [0.05, 0.1) is 6.61 Å². The van der Waals surface area contributed by atoms with Crippen molar-refractivity contribution in [1.82, 2.24) is 9.55 Å². The Labute approximate surface area is 125 Å². The van der Waals surface area contributed by atoms with Crippen LogP contribution in [0.1, 0.15) is 51.4 Å². The first-order chi connectivity index (χ1) is 10.1. The van der Waals surface area contributed by atoms with E-state index in [1.807, 2.05) is 31.2 Å². The Balaban J connectivity index is 2.06. The van der Waals surface area contributed by atoms with Gasteiger partial charge in [-0.05, 0) is 31.9 Å². The fraction of sp³-hybridized carbons (Fsp3) is 0.471. The molecule has 112 valence electrons. The minimum Gasteiger partial charge on any atom is -0.494 e. The van der Waals surface area contributed by atoms with Crippen molar-refractivity contribution in [3.63, 3.8) is 0 Å². The molecule has 1 saturated carbocycles. The van der Waals surface area contributed by atoms with Crippen LogP contribution in [0.5, 0.6) is 5.75 Å². The Morgan fingerprint density at radius 2 is 2.14 bits per heavy atom. The number of ether oxygens (including phenoxy) is 1. The molecule has 0 spiro atoms. The summed E-state index contributed by atoms with van der Waals surface area (Å²) in [7, 11) is 0. The Bertz CT molecular complexity index is 641. The van der Waals surface area contributed by atoms with Gasteiger partial charge in [0.15, 0.2) is 0 Å². The van der Waals surface area contributed by atoms with E-state index in [1.165, 1.54) is 12.8 Å². The maximum absolute atomic E-state index is 6.40. The van der Waals surface area contributed by atoms with E-state index in [2.05, 4.69) is 18.4 Å². The molecule has 2 N–H and O–H groups in total. The number of imidazole rings is 1. The summed E-state index contributed by atoms with van der Waals surface area (Å²) in [5.41, 5.74) is 8.31. The molecule has 0 amide bonds. The van der Waals surface area contributed by atoms with Crippen molar-refractivity contribution < 1.29 is 4.74 Å². The van der Waals surface area contributed by atoms with Gasteiger partial charge in [-0.3, -0.25) is 0 Å². The van der Waals surface area contributed by atoms with Crippen LogP contribution >= 0.6 is 0 Å². The summed E-state index contributed by atoms with van der Waals surface area (Å²) in [5, 5.41) is 0. The average molecular weight is 285 g/mol. The minimum atomic E-state index is 0.372. The standard InChI is InChI=1S/C17H23N3O/c1-4-21-14-7-5-6-12(10-14)15-16(18)20(13-8-9-13)17(19-15)11(2)3/h5-7,10-11,13H,4,8-9,18H2,1-3H3. The van der Waals surface area contributed by atoms with Gasteiger partial charge in [0.1, 0.15) is 23.1 Å². The first-order valence-corrected chi connectivity index (χ1v) is 7.72. The quantitative estimate of drug-likeness (QED) is 0.903. The monoisotopic (exact) mass is 285 g/mol. The number of nitrogens with zero attached hydrogens (tertiary/aromatic N) is 2. The third-order valence-electron chi connectivity index (χ3n) is 3.82. The van der Waals surface area contributed by atoms with Gasteiger partial charge in [0.2, 0.25) is 0 Å². The molecule has 1 aromatic carbocycles. The first kappa shape index (κ1) is 14.0. The number of rotatable bonds is 5. The highest BCUT2D eigenvalue weighted by Gasteiger charge is 2.30. The maximum Gasteiger partial charge on any atom is 0.132 e. The molecule has 21 heavy (non-hydrogen) atoms. The molecule has 1 fully saturated rings. The van der Waals surface area contributed by atoms with Gasteiger partial charge >= 0.3 is 0 Å². The van der Waals surface area contributed by atoms with Crippen LogP contribution in [0.15, 0.2) is 24.3 Å². The molecule has 0 saturated heterocycles. The van der Waals surface area contributed by atoms with E-state index in [4.69, 9.17) is 15.5 Å². The minimum absolute atomic E-state index is 0.372. The van der Waals surface area contributed by atoms with E-state index in [0.717, 1.165) is 28.6 Å². The van der Waals surface area contributed by atoms with Gasteiger partial charge in [-0.15, -0.1) is 0 Å². The van der Waals surface area contributed by atoms with E-state index >= 15 is 0 Å². The van der Waals surface area contributed by atoms with Gasteiger partial charge in [0, 0.05) is 17.5 Å². The molecule has 4 nitrogen and oxygen atoms in total. The number of hydrogen-bond acceptors (Lipinski definition) is 3. The van der Waals surface area contributed by atoms with Crippen molar-refractivity contribution >= 4 is 5.82 Å². The van der Waals surface area contributed by atoms with E-state index < -0.39 is 0 Å². The lowest BCUT2D eigenvalue weighted by molar-refractivity contribution is 0.340. The van der Waals surface area contributed by atoms with Crippen LogP contribution in [0.4, 0.5) is 5.82 Å². The molecule has 1 aliphatic carbocycles. The Hall–Kier alpha value is -1.97. The Kier molecular flexibility index (Phi) is 3.62. The fourth-order valence-corrected chi connectivity index (χ4v) is 2.70. The number of nitrogens with two attached hydrogens (primary N) is 1. The van der Waals surface area contributed by atoms with Gasteiger partial charge in [-0.2, -0.15) is 0 Å². The zero-order valence-electron chi connectivity index (χ0n) is 13.0. The summed E-state index contributed by atoms with van der Waals surface area (Å²) >= 11 is 0. The lowest BCUT2D eigenvalue weighted by Crippen LogP contribution is -2.06. The van der Waals surface area contributed by atoms with Crippen LogP contribution in [0, 0.1) is 0 Å². The van der Waals surface area contributed by atoms with Crippen molar-refractivity contribution in [1.29, 1.82) is 0 Å².